The third-order valence-electron chi connectivity index (χ3n) is 13.4. The molecule has 1 heterocycles. The second-order valence-electron chi connectivity index (χ2n) is 16.8. The summed E-state index contributed by atoms with van der Waals surface area (Å²) < 4.78 is 6.57. The zero-order valence-corrected chi connectivity index (χ0v) is 33.6. The van der Waals surface area contributed by atoms with E-state index in [1.54, 1.807) is 0 Å². The summed E-state index contributed by atoms with van der Waals surface area (Å²) in [4.78, 5) is 2.49. The van der Waals surface area contributed by atoms with Gasteiger partial charge in [0.1, 0.15) is 11.2 Å². The largest absolute Gasteiger partial charge is 0.456 e. The van der Waals surface area contributed by atoms with Gasteiger partial charge in [0, 0.05) is 22.1 Å². The third-order valence-corrected chi connectivity index (χ3v) is 13.4. The van der Waals surface area contributed by atoms with Gasteiger partial charge in [-0.15, -0.1) is 0 Å². The number of nitrogens with zero attached hydrogens (tertiary/aromatic N) is 1. The molecule has 0 radical (unpaired) electrons. The average molecular weight is 768 g/mol. The van der Waals surface area contributed by atoms with Crippen LogP contribution in [0.5, 0.6) is 0 Å². The number of rotatable bonds is 6. The van der Waals surface area contributed by atoms with Gasteiger partial charge < -0.3 is 9.32 Å². The smallest absolute Gasteiger partial charge is 0.137 e. The summed E-state index contributed by atoms with van der Waals surface area (Å²) >= 11 is 0. The number of fused-ring (bicyclic) bond motifs is 9. The van der Waals surface area contributed by atoms with Crippen molar-refractivity contribution in [2.24, 2.45) is 0 Å². The molecule has 284 valence electrons. The molecule has 0 atom stereocenters. The van der Waals surface area contributed by atoms with Crippen LogP contribution in [-0.2, 0) is 10.8 Å². The molecule has 0 spiro atoms. The van der Waals surface area contributed by atoms with Crippen LogP contribution in [0.15, 0.2) is 217 Å². The van der Waals surface area contributed by atoms with Gasteiger partial charge in [-0.1, -0.05) is 190 Å². The van der Waals surface area contributed by atoms with Gasteiger partial charge in [0.2, 0.25) is 0 Å². The van der Waals surface area contributed by atoms with Crippen molar-refractivity contribution in [2.45, 2.75) is 24.7 Å². The van der Waals surface area contributed by atoms with Crippen molar-refractivity contribution in [1.82, 2.24) is 0 Å². The molecule has 0 bridgehead atoms. The third kappa shape index (κ3) is 4.76. The maximum Gasteiger partial charge on any atom is 0.137 e. The number of benzene rings is 9. The highest BCUT2D eigenvalue weighted by Crippen LogP contribution is 2.58. The van der Waals surface area contributed by atoms with Crippen molar-refractivity contribution < 1.29 is 4.42 Å². The topological polar surface area (TPSA) is 16.4 Å². The Bertz CT molecular complexity index is 3260. The molecule has 60 heavy (non-hydrogen) atoms. The Balaban J connectivity index is 1.16. The molecule has 0 aliphatic heterocycles. The number of para-hydroxylation sites is 2. The van der Waals surface area contributed by atoms with Gasteiger partial charge in [-0.05, 0) is 97.6 Å². The molecule has 2 heteroatoms. The van der Waals surface area contributed by atoms with Crippen molar-refractivity contribution in [3.05, 3.63) is 246 Å². The molecule has 10 aromatic rings. The summed E-state index contributed by atoms with van der Waals surface area (Å²) in [6, 6.07) is 78.0. The van der Waals surface area contributed by atoms with Gasteiger partial charge in [0.05, 0.1) is 22.2 Å². The second-order valence-corrected chi connectivity index (χ2v) is 16.8. The molecular weight excluding hydrogens is 727 g/mol. The molecule has 0 N–H and O–H groups in total. The SMILES string of the molecule is CC1(C)c2ccccc2-c2c(-c3ccccc3N(c3ccc4c(c3)-c3ccccc3C4(c3ccccc3)c3ccccc3)c3cccc4oc5ccccc5c34)cccc21. The minimum Gasteiger partial charge on any atom is -0.456 e. The number of furan rings is 1. The minimum absolute atomic E-state index is 0.116. The molecule has 0 saturated carbocycles. The van der Waals surface area contributed by atoms with Crippen LogP contribution in [0.4, 0.5) is 17.1 Å². The minimum atomic E-state index is -0.485. The molecule has 1 aromatic heterocycles. The predicted octanol–water partition coefficient (Wildman–Crippen LogP) is 15.4. The molecule has 0 fully saturated rings. The van der Waals surface area contributed by atoms with Crippen LogP contribution in [0, 0.1) is 0 Å². The standard InChI is InChI=1S/C58H41NO/c1-57(2)47-28-13-10-25-44(47)55-43(27-17-30-50(55)57)42-24-11-15-31-51(42)59(52-32-18-34-54-56(52)45-26-12-16-33-53(45)60-54)40-35-36-49-46(37-40)41-23-9-14-29-48(41)58(49,38-19-5-3-6-20-38)39-21-7-4-8-22-39/h3-37H,1-2H3. The van der Waals surface area contributed by atoms with Crippen LogP contribution in [-0.4, -0.2) is 0 Å². The van der Waals surface area contributed by atoms with Crippen molar-refractivity contribution >= 4 is 39.0 Å². The maximum absolute atomic E-state index is 6.57. The van der Waals surface area contributed by atoms with E-state index >= 15 is 0 Å². The number of anilines is 3. The van der Waals surface area contributed by atoms with Crippen LogP contribution in [0.25, 0.3) is 55.3 Å². The molecule has 2 aliphatic carbocycles. The normalized spacial score (nSPS) is 14.1. The van der Waals surface area contributed by atoms with Crippen LogP contribution in [0.1, 0.15) is 47.2 Å². The van der Waals surface area contributed by atoms with Crippen LogP contribution in [0.2, 0.25) is 0 Å². The zero-order valence-electron chi connectivity index (χ0n) is 33.6. The summed E-state index contributed by atoms with van der Waals surface area (Å²) in [7, 11) is 0. The van der Waals surface area contributed by atoms with E-state index in [0.717, 1.165) is 39.0 Å². The fourth-order valence-corrected chi connectivity index (χ4v) is 10.8. The first-order valence-electron chi connectivity index (χ1n) is 20.9. The molecular formula is C58H41NO. The van der Waals surface area contributed by atoms with E-state index in [4.69, 9.17) is 4.42 Å². The number of hydrogen-bond donors (Lipinski definition) is 0. The van der Waals surface area contributed by atoms with Gasteiger partial charge in [-0.25, -0.2) is 0 Å². The van der Waals surface area contributed by atoms with E-state index in [0.29, 0.717) is 0 Å². The maximum atomic E-state index is 6.57. The Kier molecular flexibility index (Phi) is 7.52. The summed E-state index contributed by atoms with van der Waals surface area (Å²) in [6.45, 7) is 4.72. The Labute approximate surface area is 350 Å². The van der Waals surface area contributed by atoms with Crippen molar-refractivity contribution in [3.8, 4) is 33.4 Å². The Morgan fingerprint density at radius 2 is 0.933 bits per heavy atom. The quantitative estimate of drug-likeness (QED) is 0.168. The molecule has 0 amide bonds. The van der Waals surface area contributed by atoms with Gasteiger partial charge in [0.25, 0.3) is 0 Å². The van der Waals surface area contributed by atoms with Crippen molar-refractivity contribution in [2.75, 3.05) is 4.90 Å². The first-order valence-corrected chi connectivity index (χ1v) is 20.9. The van der Waals surface area contributed by atoms with E-state index in [2.05, 4.69) is 231 Å². The predicted molar refractivity (Wildman–Crippen MR) is 249 cm³/mol. The molecule has 2 nitrogen and oxygen atoms in total. The fraction of sp³-hybridized carbons (Fsp3) is 0.0690. The highest BCUT2D eigenvalue weighted by atomic mass is 16.3. The first kappa shape index (κ1) is 34.6. The lowest BCUT2D eigenvalue weighted by Gasteiger charge is -2.34. The van der Waals surface area contributed by atoms with Crippen molar-refractivity contribution in [3.63, 3.8) is 0 Å². The highest BCUT2D eigenvalue weighted by molar-refractivity contribution is 6.14. The van der Waals surface area contributed by atoms with Gasteiger partial charge in [0.15, 0.2) is 0 Å². The lowest BCUT2D eigenvalue weighted by atomic mass is 9.68. The highest BCUT2D eigenvalue weighted by Gasteiger charge is 2.46. The molecule has 9 aromatic carbocycles. The summed E-state index contributed by atoms with van der Waals surface area (Å²) in [5.41, 5.74) is 19.7. The summed E-state index contributed by atoms with van der Waals surface area (Å²) in [5, 5.41) is 2.19. The molecule has 2 aliphatic rings. The van der Waals surface area contributed by atoms with E-state index < -0.39 is 5.41 Å². The average Bonchev–Trinajstić information content (AvgIpc) is 3.92. The number of hydrogen-bond acceptors (Lipinski definition) is 2. The van der Waals surface area contributed by atoms with Crippen LogP contribution in [0.3, 0.4) is 0 Å². The van der Waals surface area contributed by atoms with E-state index in [-0.39, 0.29) is 5.41 Å². The molecule has 0 unspecified atom stereocenters. The Hall–Kier alpha value is -7.42. The van der Waals surface area contributed by atoms with Crippen LogP contribution < -0.4 is 4.90 Å². The molecule has 12 rings (SSSR count). The fourth-order valence-electron chi connectivity index (χ4n) is 10.8. The zero-order chi connectivity index (χ0) is 40.0. The van der Waals surface area contributed by atoms with Crippen LogP contribution >= 0.6 is 0 Å². The van der Waals surface area contributed by atoms with E-state index in [1.807, 2.05) is 0 Å². The lowest BCUT2D eigenvalue weighted by molar-refractivity contribution is 0.660. The Morgan fingerprint density at radius 1 is 0.383 bits per heavy atom. The first-order chi connectivity index (χ1) is 29.5. The van der Waals surface area contributed by atoms with Gasteiger partial charge in [-0.3, -0.25) is 0 Å². The summed E-state index contributed by atoms with van der Waals surface area (Å²) in [6.07, 6.45) is 0. The summed E-state index contributed by atoms with van der Waals surface area (Å²) in [5.74, 6) is 0. The Morgan fingerprint density at radius 3 is 1.72 bits per heavy atom. The second kappa shape index (κ2) is 13.0. The van der Waals surface area contributed by atoms with Gasteiger partial charge in [-0.2, -0.15) is 0 Å². The van der Waals surface area contributed by atoms with E-state index in [1.165, 1.54) is 66.8 Å². The monoisotopic (exact) mass is 767 g/mol. The lowest BCUT2D eigenvalue weighted by Crippen LogP contribution is -2.28. The van der Waals surface area contributed by atoms with Gasteiger partial charge >= 0.3 is 0 Å². The van der Waals surface area contributed by atoms with E-state index in [9.17, 15) is 0 Å². The molecule has 0 saturated heterocycles. The van der Waals surface area contributed by atoms with Crippen molar-refractivity contribution in [1.29, 1.82) is 0 Å².